The van der Waals surface area contributed by atoms with Crippen LogP contribution in [0.25, 0.3) is 32.7 Å². The maximum atomic E-state index is 3.81. The minimum atomic E-state index is 1.18. The van der Waals surface area contributed by atoms with E-state index in [0.29, 0.717) is 0 Å². The molecule has 4 aromatic carbocycles. The molecule has 0 aliphatic rings. The van der Waals surface area contributed by atoms with Crippen LogP contribution in [0.15, 0.2) is 77.3 Å². The molecule has 4 rings (SSSR count). The molecule has 0 saturated carbocycles. The maximum absolute atomic E-state index is 3.81. The Kier molecular flexibility index (Phi) is 3.24. The highest BCUT2D eigenvalue weighted by Crippen LogP contribution is 2.42. The fourth-order valence-electron chi connectivity index (χ4n) is 3.22. The van der Waals surface area contributed by atoms with Crippen molar-refractivity contribution in [2.75, 3.05) is 0 Å². The van der Waals surface area contributed by atoms with Crippen molar-refractivity contribution in [1.29, 1.82) is 0 Å². The van der Waals surface area contributed by atoms with Gasteiger partial charge in [-0.05, 0) is 61.1 Å². The summed E-state index contributed by atoms with van der Waals surface area (Å²) in [5.74, 6) is 0. The molecular formula is C21H15Br. The first-order valence-electron chi connectivity index (χ1n) is 7.42. The Balaban J connectivity index is 2.29. The zero-order valence-electron chi connectivity index (χ0n) is 12.3. The van der Waals surface area contributed by atoms with E-state index in [9.17, 15) is 0 Å². The molecule has 0 saturated heterocycles. The minimum Gasteiger partial charge on any atom is -0.0620 e. The second kappa shape index (κ2) is 5.26. The van der Waals surface area contributed by atoms with E-state index in [4.69, 9.17) is 0 Å². The highest BCUT2D eigenvalue weighted by molar-refractivity contribution is 9.10. The standard InChI is InChI=1S/C21H15Br/c1-14-8-2-3-9-15(14)20-16-10-4-6-12-18(16)21(22)19-13-7-5-11-17(19)20/h2-13H,1H3. The van der Waals surface area contributed by atoms with Crippen LogP contribution in [0.1, 0.15) is 5.56 Å². The molecule has 0 radical (unpaired) electrons. The molecule has 22 heavy (non-hydrogen) atoms. The second-order valence-electron chi connectivity index (χ2n) is 5.60. The first kappa shape index (κ1) is 13.5. The number of halogens is 1. The monoisotopic (exact) mass is 346 g/mol. The number of fused-ring (bicyclic) bond motifs is 2. The minimum absolute atomic E-state index is 1.18. The molecule has 106 valence electrons. The van der Waals surface area contributed by atoms with Crippen molar-refractivity contribution in [2.24, 2.45) is 0 Å². The van der Waals surface area contributed by atoms with Gasteiger partial charge in [0.15, 0.2) is 0 Å². The van der Waals surface area contributed by atoms with Crippen LogP contribution in [-0.4, -0.2) is 0 Å². The third-order valence-corrected chi connectivity index (χ3v) is 5.13. The van der Waals surface area contributed by atoms with Crippen LogP contribution < -0.4 is 0 Å². The van der Waals surface area contributed by atoms with Crippen LogP contribution >= 0.6 is 15.9 Å². The van der Waals surface area contributed by atoms with Crippen LogP contribution in [0.5, 0.6) is 0 Å². The topological polar surface area (TPSA) is 0 Å². The largest absolute Gasteiger partial charge is 0.0620 e. The van der Waals surface area contributed by atoms with E-state index in [-0.39, 0.29) is 0 Å². The van der Waals surface area contributed by atoms with E-state index < -0.39 is 0 Å². The van der Waals surface area contributed by atoms with Crippen LogP contribution in [0.4, 0.5) is 0 Å². The van der Waals surface area contributed by atoms with Gasteiger partial charge in [-0.15, -0.1) is 0 Å². The lowest BCUT2D eigenvalue weighted by molar-refractivity contribution is 1.47. The van der Waals surface area contributed by atoms with Crippen LogP contribution in [0, 0.1) is 6.92 Å². The van der Waals surface area contributed by atoms with Gasteiger partial charge in [0, 0.05) is 4.47 Å². The molecule has 0 aliphatic carbocycles. The SMILES string of the molecule is Cc1ccccc1-c1c2ccccc2c(Br)c2ccccc12. The summed E-state index contributed by atoms with van der Waals surface area (Å²) in [6, 6.07) is 25.9. The van der Waals surface area contributed by atoms with E-state index in [1.54, 1.807) is 0 Å². The lowest BCUT2D eigenvalue weighted by atomic mass is 9.90. The van der Waals surface area contributed by atoms with Gasteiger partial charge in [-0.2, -0.15) is 0 Å². The molecule has 1 heteroatoms. The molecule has 0 aromatic heterocycles. The van der Waals surface area contributed by atoms with Crippen molar-refractivity contribution in [3.05, 3.63) is 82.8 Å². The molecule has 0 heterocycles. The molecular weight excluding hydrogens is 332 g/mol. The van der Waals surface area contributed by atoms with Crippen molar-refractivity contribution in [2.45, 2.75) is 6.92 Å². The Morgan fingerprint density at radius 2 is 1.05 bits per heavy atom. The molecule has 0 aliphatic heterocycles. The molecule has 0 nitrogen and oxygen atoms in total. The van der Waals surface area contributed by atoms with Crippen molar-refractivity contribution in [3.8, 4) is 11.1 Å². The first-order chi connectivity index (χ1) is 10.8. The van der Waals surface area contributed by atoms with Crippen molar-refractivity contribution < 1.29 is 0 Å². The first-order valence-corrected chi connectivity index (χ1v) is 8.21. The molecule has 4 aromatic rings. The van der Waals surface area contributed by atoms with Gasteiger partial charge < -0.3 is 0 Å². The summed E-state index contributed by atoms with van der Waals surface area (Å²) in [7, 11) is 0. The van der Waals surface area contributed by atoms with Gasteiger partial charge in [0.1, 0.15) is 0 Å². The number of benzene rings is 4. The Labute approximate surface area is 138 Å². The Morgan fingerprint density at radius 3 is 1.59 bits per heavy atom. The van der Waals surface area contributed by atoms with Gasteiger partial charge >= 0.3 is 0 Å². The average Bonchev–Trinajstić information content (AvgIpc) is 2.57. The fourth-order valence-corrected chi connectivity index (χ4v) is 3.91. The summed E-state index contributed by atoms with van der Waals surface area (Å²) in [5, 5.41) is 5.11. The fraction of sp³-hybridized carbons (Fsp3) is 0.0476. The number of hydrogen-bond donors (Lipinski definition) is 0. The summed E-state index contributed by atoms with van der Waals surface area (Å²) in [6.45, 7) is 2.18. The Bertz CT molecular complexity index is 942. The molecule has 0 unspecified atom stereocenters. The highest BCUT2D eigenvalue weighted by Gasteiger charge is 2.14. The summed E-state index contributed by atoms with van der Waals surface area (Å²) in [6.07, 6.45) is 0. The number of aryl methyl sites for hydroxylation is 1. The molecule has 0 N–H and O–H groups in total. The van der Waals surface area contributed by atoms with Gasteiger partial charge in [0.05, 0.1) is 0 Å². The average molecular weight is 347 g/mol. The van der Waals surface area contributed by atoms with Gasteiger partial charge in [0.25, 0.3) is 0 Å². The lowest BCUT2D eigenvalue weighted by Gasteiger charge is -2.15. The number of rotatable bonds is 1. The Hall–Kier alpha value is -2.12. The van der Waals surface area contributed by atoms with Crippen LogP contribution in [0.2, 0.25) is 0 Å². The molecule has 0 spiro atoms. The molecule has 0 atom stereocenters. The van der Waals surface area contributed by atoms with Crippen LogP contribution in [-0.2, 0) is 0 Å². The van der Waals surface area contributed by atoms with E-state index >= 15 is 0 Å². The predicted molar refractivity (Wildman–Crippen MR) is 99.3 cm³/mol. The maximum Gasteiger partial charge on any atom is 0.0332 e. The molecule has 0 bridgehead atoms. The van der Waals surface area contributed by atoms with Gasteiger partial charge in [-0.1, -0.05) is 72.8 Å². The van der Waals surface area contributed by atoms with Crippen molar-refractivity contribution in [1.82, 2.24) is 0 Å². The quantitative estimate of drug-likeness (QED) is 0.335. The van der Waals surface area contributed by atoms with E-state index in [2.05, 4.69) is 95.7 Å². The zero-order valence-corrected chi connectivity index (χ0v) is 13.9. The van der Waals surface area contributed by atoms with Gasteiger partial charge in [-0.25, -0.2) is 0 Å². The van der Waals surface area contributed by atoms with Crippen molar-refractivity contribution in [3.63, 3.8) is 0 Å². The third-order valence-electron chi connectivity index (χ3n) is 4.28. The summed E-state index contributed by atoms with van der Waals surface area (Å²) in [5.41, 5.74) is 3.94. The second-order valence-corrected chi connectivity index (χ2v) is 6.39. The molecule has 0 amide bonds. The highest BCUT2D eigenvalue weighted by atomic mass is 79.9. The van der Waals surface area contributed by atoms with E-state index in [1.165, 1.54) is 42.7 Å². The van der Waals surface area contributed by atoms with E-state index in [1.807, 2.05) is 0 Å². The third kappa shape index (κ3) is 1.97. The Morgan fingerprint density at radius 1 is 0.591 bits per heavy atom. The van der Waals surface area contributed by atoms with E-state index in [0.717, 1.165) is 0 Å². The predicted octanol–water partition coefficient (Wildman–Crippen LogP) is 6.73. The summed E-state index contributed by atoms with van der Waals surface area (Å²) < 4.78 is 1.18. The zero-order chi connectivity index (χ0) is 15.1. The number of hydrogen-bond acceptors (Lipinski definition) is 0. The normalized spacial score (nSPS) is 11.2. The van der Waals surface area contributed by atoms with Gasteiger partial charge in [-0.3, -0.25) is 0 Å². The summed E-state index contributed by atoms with van der Waals surface area (Å²) >= 11 is 3.81. The molecule has 0 fully saturated rings. The van der Waals surface area contributed by atoms with Crippen LogP contribution in [0.3, 0.4) is 0 Å². The van der Waals surface area contributed by atoms with Gasteiger partial charge in [0.2, 0.25) is 0 Å². The summed E-state index contributed by atoms with van der Waals surface area (Å²) in [4.78, 5) is 0. The smallest absolute Gasteiger partial charge is 0.0332 e. The van der Waals surface area contributed by atoms with Crippen molar-refractivity contribution >= 4 is 37.5 Å². The lowest BCUT2D eigenvalue weighted by Crippen LogP contribution is -1.89.